The molecule has 4 nitrogen and oxygen atoms in total. The van der Waals surface area contributed by atoms with Crippen LogP contribution in [0, 0.1) is 0 Å². The molecule has 1 aromatic carbocycles. The molecule has 0 aliphatic rings. The van der Waals surface area contributed by atoms with Crippen LogP contribution in [-0.2, 0) is 10.2 Å². The molecular weight excluding hydrogens is 300 g/mol. The Morgan fingerprint density at radius 1 is 1.04 bits per heavy atom. The summed E-state index contributed by atoms with van der Waals surface area (Å²) in [6.07, 6.45) is 3.27. The molecule has 0 radical (unpaired) electrons. The van der Waals surface area contributed by atoms with Crippen molar-refractivity contribution in [2.45, 2.75) is 59.3 Å². The predicted molar refractivity (Wildman–Crippen MR) is 99.3 cm³/mol. The Morgan fingerprint density at radius 2 is 1.67 bits per heavy atom. The average Bonchev–Trinajstić information content (AvgIpc) is 2.52. The largest absolute Gasteiger partial charge is 0.350 e. The second-order valence-electron chi connectivity index (χ2n) is 7.30. The van der Waals surface area contributed by atoms with Crippen LogP contribution < -0.4 is 5.32 Å². The highest BCUT2D eigenvalue weighted by Crippen LogP contribution is 2.22. The lowest BCUT2D eigenvalue weighted by atomic mass is 9.87. The van der Waals surface area contributed by atoms with Crippen molar-refractivity contribution in [2.24, 2.45) is 0 Å². The maximum atomic E-state index is 12.2. The van der Waals surface area contributed by atoms with Gasteiger partial charge in [0.2, 0.25) is 5.91 Å². The van der Waals surface area contributed by atoms with E-state index in [-0.39, 0.29) is 17.2 Å². The zero-order valence-electron chi connectivity index (χ0n) is 15.8. The predicted octanol–water partition coefficient (Wildman–Crippen LogP) is 3.75. The van der Waals surface area contributed by atoms with Crippen molar-refractivity contribution in [1.82, 2.24) is 10.2 Å². The molecule has 0 saturated heterocycles. The van der Waals surface area contributed by atoms with Crippen molar-refractivity contribution in [1.29, 1.82) is 0 Å². The number of nitrogens with zero attached hydrogens (tertiary/aromatic N) is 1. The van der Waals surface area contributed by atoms with E-state index in [2.05, 4.69) is 33.0 Å². The van der Waals surface area contributed by atoms with E-state index in [9.17, 15) is 9.59 Å². The summed E-state index contributed by atoms with van der Waals surface area (Å²) in [6.45, 7) is 12.0. The molecule has 0 spiro atoms. The van der Waals surface area contributed by atoms with Crippen LogP contribution in [0.15, 0.2) is 24.3 Å². The summed E-state index contributed by atoms with van der Waals surface area (Å²) in [5.41, 5.74) is 1.94. The van der Waals surface area contributed by atoms with Gasteiger partial charge in [-0.2, -0.15) is 0 Å². The van der Waals surface area contributed by atoms with E-state index in [0.717, 1.165) is 25.8 Å². The standard InChI is InChI=1S/C20H32N2O2/c1-6-7-8-14-22(16(2)23)15-13-21-19(24)17-9-11-18(12-10-17)20(3,4)5/h9-12H,6-8,13-15H2,1-5H3,(H,21,24). The summed E-state index contributed by atoms with van der Waals surface area (Å²) in [4.78, 5) is 25.6. The Kier molecular flexibility index (Phi) is 7.96. The number of benzene rings is 1. The monoisotopic (exact) mass is 332 g/mol. The Bertz CT molecular complexity index is 530. The van der Waals surface area contributed by atoms with Gasteiger partial charge in [-0.15, -0.1) is 0 Å². The van der Waals surface area contributed by atoms with Gasteiger partial charge in [0.25, 0.3) is 5.91 Å². The summed E-state index contributed by atoms with van der Waals surface area (Å²) in [5, 5.41) is 2.90. The van der Waals surface area contributed by atoms with E-state index in [4.69, 9.17) is 0 Å². The molecule has 4 heteroatoms. The molecule has 0 aliphatic heterocycles. The highest BCUT2D eigenvalue weighted by Gasteiger charge is 2.14. The first kappa shape index (κ1) is 20.2. The third kappa shape index (κ3) is 6.73. The molecule has 0 heterocycles. The van der Waals surface area contributed by atoms with E-state index < -0.39 is 0 Å². The summed E-state index contributed by atoms with van der Waals surface area (Å²) in [5.74, 6) is -0.0256. The maximum Gasteiger partial charge on any atom is 0.251 e. The molecule has 0 saturated carbocycles. The van der Waals surface area contributed by atoms with Crippen LogP contribution >= 0.6 is 0 Å². The Hall–Kier alpha value is -1.84. The summed E-state index contributed by atoms with van der Waals surface area (Å²) >= 11 is 0. The fourth-order valence-electron chi connectivity index (χ4n) is 2.51. The van der Waals surface area contributed by atoms with Crippen LogP contribution in [-0.4, -0.2) is 36.3 Å². The number of nitrogens with one attached hydrogen (secondary N) is 1. The van der Waals surface area contributed by atoms with E-state index in [0.29, 0.717) is 18.7 Å². The van der Waals surface area contributed by atoms with E-state index in [1.165, 1.54) is 5.56 Å². The van der Waals surface area contributed by atoms with E-state index >= 15 is 0 Å². The Balaban J connectivity index is 2.48. The number of carbonyl (C=O) groups excluding carboxylic acids is 2. The molecule has 0 atom stereocenters. The summed E-state index contributed by atoms with van der Waals surface area (Å²) in [6, 6.07) is 7.73. The number of amides is 2. The molecule has 0 aromatic heterocycles. The van der Waals surface area contributed by atoms with Crippen molar-refractivity contribution < 1.29 is 9.59 Å². The van der Waals surface area contributed by atoms with Gasteiger partial charge in [0.15, 0.2) is 0 Å². The van der Waals surface area contributed by atoms with Crippen LogP contribution in [0.25, 0.3) is 0 Å². The number of hydrogen-bond donors (Lipinski definition) is 1. The maximum absolute atomic E-state index is 12.2. The molecule has 0 aliphatic carbocycles. The van der Waals surface area contributed by atoms with Crippen LogP contribution in [0.3, 0.4) is 0 Å². The van der Waals surface area contributed by atoms with Gasteiger partial charge in [0.1, 0.15) is 0 Å². The molecule has 2 amide bonds. The van der Waals surface area contributed by atoms with Gasteiger partial charge in [-0.25, -0.2) is 0 Å². The lowest BCUT2D eigenvalue weighted by Crippen LogP contribution is -2.38. The second kappa shape index (κ2) is 9.45. The topological polar surface area (TPSA) is 49.4 Å². The molecule has 0 fully saturated rings. The first-order chi connectivity index (χ1) is 11.3. The van der Waals surface area contributed by atoms with Crippen LogP contribution in [0.4, 0.5) is 0 Å². The van der Waals surface area contributed by atoms with Crippen LogP contribution in [0.1, 0.15) is 69.8 Å². The fraction of sp³-hybridized carbons (Fsp3) is 0.600. The minimum atomic E-state index is -0.0903. The fourth-order valence-corrected chi connectivity index (χ4v) is 2.51. The highest BCUT2D eigenvalue weighted by atomic mass is 16.2. The molecule has 1 N–H and O–H groups in total. The summed E-state index contributed by atoms with van der Waals surface area (Å²) in [7, 11) is 0. The zero-order chi connectivity index (χ0) is 18.2. The van der Waals surface area contributed by atoms with Gasteiger partial charge in [-0.1, -0.05) is 52.7 Å². The number of rotatable bonds is 8. The van der Waals surface area contributed by atoms with Gasteiger partial charge in [-0.05, 0) is 29.5 Å². The van der Waals surface area contributed by atoms with Crippen molar-refractivity contribution in [3.8, 4) is 0 Å². The average molecular weight is 332 g/mol. The minimum absolute atomic E-state index is 0.0647. The van der Waals surface area contributed by atoms with E-state index in [1.54, 1.807) is 11.8 Å². The Labute approximate surface area is 146 Å². The van der Waals surface area contributed by atoms with Crippen LogP contribution in [0.2, 0.25) is 0 Å². The number of carbonyl (C=O) groups is 2. The molecule has 1 rings (SSSR count). The first-order valence-electron chi connectivity index (χ1n) is 8.90. The van der Waals surface area contributed by atoms with Gasteiger partial charge in [-0.3, -0.25) is 9.59 Å². The molecule has 134 valence electrons. The molecular formula is C20H32N2O2. The van der Waals surface area contributed by atoms with E-state index in [1.807, 2.05) is 24.3 Å². The SMILES string of the molecule is CCCCCN(CCNC(=O)c1ccc(C(C)(C)C)cc1)C(C)=O. The lowest BCUT2D eigenvalue weighted by Gasteiger charge is -2.21. The van der Waals surface area contributed by atoms with Crippen molar-refractivity contribution >= 4 is 11.8 Å². The smallest absolute Gasteiger partial charge is 0.251 e. The molecule has 0 unspecified atom stereocenters. The molecule has 0 bridgehead atoms. The second-order valence-corrected chi connectivity index (χ2v) is 7.30. The van der Waals surface area contributed by atoms with Crippen molar-refractivity contribution in [2.75, 3.05) is 19.6 Å². The van der Waals surface area contributed by atoms with Crippen molar-refractivity contribution in [3.63, 3.8) is 0 Å². The number of unbranched alkanes of at least 4 members (excludes halogenated alkanes) is 2. The normalized spacial score (nSPS) is 11.2. The van der Waals surface area contributed by atoms with Gasteiger partial charge in [0, 0.05) is 32.1 Å². The summed E-state index contributed by atoms with van der Waals surface area (Å²) < 4.78 is 0. The zero-order valence-corrected chi connectivity index (χ0v) is 15.8. The van der Waals surface area contributed by atoms with Gasteiger partial charge < -0.3 is 10.2 Å². The lowest BCUT2D eigenvalue weighted by molar-refractivity contribution is -0.128. The quantitative estimate of drug-likeness (QED) is 0.737. The third-order valence-electron chi connectivity index (χ3n) is 4.16. The van der Waals surface area contributed by atoms with Gasteiger partial charge >= 0.3 is 0 Å². The van der Waals surface area contributed by atoms with Gasteiger partial charge in [0.05, 0.1) is 0 Å². The third-order valence-corrected chi connectivity index (χ3v) is 4.16. The van der Waals surface area contributed by atoms with Crippen molar-refractivity contribution in [3.05, 3.63) is 35.4 Å². The minimum Gasteiger partial charge on any atom is -0.350 e. The highest BCUT2D eigenvalue weighted by molar-refractivity contribution is 5.94. The number of hydrogen-bond acceptors (Lipinski definition) is 2. The molecule has 24 heavy (non-hydrogen) atoms. The molecule has 1 aromatic rings. The van der Waals surface area contributed by atoms with Crippen LogP contribution in [0.5, 0.6) is 0 Å². The Morgan fingerprint density at radius 3 is 2.17 bits per heavy atom. The first-order valence-corrected chi connectivity index (χ1v) is 8.90.